The molecule has 128 valence electrons. The highest BCUT2D eigenvalue weighted by atomic mass is 32.1. The second kappa shape index (κ2) is 7.18. The topological polar surface area (TPSA) is 123 Å². The van der Waals surface area contributed by atoms with E-state index in [1.54, 1.807) is 25.4 Å². The predicted octanol–water partition coefficient (Wildman–Crippen LogP) is 0.0749. The van der Waals surface area contributed by atoms with Gasteiger partial charge in [-0.3, -0.25) is 19.1 Å². The number of aromatic amines is 1. The van der Waals surface area contributed by atoms with Gasteiger partial charge in [-0.05, 0) is 13.0 Å². The van der Waals surface area contributed by atoms with Crippen LogP contribution >= 0.6 is 11.3 Å². The van der Waals surface area contributed by atoms with Crippen LogP contribution in [0.1, 0.15) is 11.3 Å². The number of hydrogen-bond acceptors (Lipinski definition) is 7. The number of nitrogens with one attached hydrogen (secondary N) is 2. The number of aryl methyl sites for hydroxylation is 1. The quantitative estimate of drug-likeness (QED) is 0.666. The van der Waals surface area contributed by atoms with E-state index < -0.39 is 11.2 Å². The van der Waals surface area contributed by atoms with Crippen molar-refractivity contribution in [3.8, 4) is 10.8 Å². The lowest BCUT2D eigenvalue weighted by atomic mass is 10.4. The second-order valence-corrected chi connectivity index (χ2v) is 6.05. The summed E-state index contributed by atoms with van der Waals surface area (Å²) < 4.78 is 1.15. The second-order valence-electron chi connectivity index (χ2n) is 5.19. The van der Waals surface area contributed by atoms with Gasteiger partial charge in [-0.15, -0.1) is 11.3 Å². The fourth-order valence-electron chi connectivity index (χ4n) is 2.04. The Kier molecular flexibility index (Phi) is 4.80. The Morgan fingerprint density at radius 2 is 2.08 bits per heavy atom. The van der Waals surface area contributed by atoms with Crippen LogP contribution in [0.2, 0.25) is 0 Å². The average Bonchev–Trinajstić information content (AvgIpc) is 3.08. The van der Waals surface area contributed by atoms with Crippen LogP contribution in [-0.2, 0) is 17.9 Å². The Morgan fingerprint density at radius 1 is 1.32 bits per heavy atom. The third-order valence-electron chi connectivity index (χ3n) is 3.28. The molecular weight excluding hydrogens is 344 g/mol. The smallest absolute Gasteiger partial charge is 0.328 e. The number of H-pyrrole nitrogens is 1. The molecule has 3 rings (SSSR count). The van der Waals surface area contributed by atoms with Crippen LogP contribution in [-0.4, -0.2) is 30.4 Å². The van der Waals surface area contributed by atoms with Crippen LogP contribution < -0.4 is 16.6 Å². The summed E-state index contributed by atoms with van der Waals surface area (Å²) in [7, 11) is 0. The largest absolute Gasteiger partial charge is 0.349 e. The van der Waals surface area contributed by atoms with Crippen LogP contribution in [0.3, 0.4) is 0 Å². The number of hydrogen-bond donors (Lipinski definition) is 2. The van der Waals surface area contributed by atoms with Crippen molar-refractivity contribution >= 4 is 17.2 Å². The van der Waals surface area contributed by atoms with Crippen molar-refractivity contribution in [2.75, 3.05) is 0 Å². The van der Waals surface area contributed by atoms with Crippen LogP contribution in [0, 0.1) is 6.92 Å². The Hall–Kier alpha value is -3.14. The molecule has 2 N–H and O–H groups in total. The molecule has 0 radical (unpaired) electrons. The van der Waals surface area contributed by atoms with E-state index in [1.807, 2.05) is 5.38 Å². The normalized spacial score (nSPS) is 10.6. The molecule has 10 heteroatoms. The Bertz CT molecular complexity index is 1010. The molecule has 0 saturated carbocycles. The molecule has 0 aliphatic rings. The maximum Gasteiger partial charge on any atom is 0.328 e. The maximum absolute atomic E-state index is 12.0. The lowest BCUT2D eigenvalue weighted by Gasteiger charge is -2.06. The molecule has 1 amide bonds. The summed E-state index contributed by atoms with van der Waals surface area (Å²) in [5.41, 5.74) is -0.0482. The maximum atomic E-state index is 12.0. The first-order valence-corrected chi connectivity index (χ1v) is 8.20. The van der Waals surface area contributed by atoms with Crippen molar-refractivity contribution in [1.29, 1.82) is 0 Å². The molecule has 0 atom stereocenters. The van der Waals surface area contributed by atoms with E-state index in [0.29, 0.717) is 22.1 Å². The van der Waals surface area contributed by atoms with E-state index in [4.69, 9.17) is 0 Å². The molecule has 0 spiro atoms. The van der Waals surface area contributed by atoms with E-state index in [0.717, 1.165) is 4.57 Å². The molecule has 25 heavy (non-hydrogen) atoms. The monoisotopic (exact) mass is 358 g/mol. The van der Waals surface area contributed by atoms with Crippen LogP contribution in [0.5, 0.6) is 0 Å². The number of thiazole rings is 1. The third-order valence-corrected chi connectivity index (χ3v) is 4.17. The standard InChI is InChI=1S/C15H14N6O3S/c1-9-6-21(15(24)20-13(9)23)7-11(22)18-5-10-8-25-14(19-10)12-16-3-2-4-17-12/h2-4,6,8H,5,7H2,1H3,(H,18,22)(H,20,23,24). The van der Waals surface area contributed by atoms with Crippen LogP contribution in [0.4, 0.5) is 0 Å². The highest BCUT2D eigenvalue weighted by Gasteiger charge is 2.10. The van der Waals surface area contributed by atoms with Gasteiger partial charge < -0.3 is 5.32 Å². The molecule has 0 unspecified atom stereocenters. The number of aromatic nitrogens is 5. The van der Waals surface area contributed by atoms with Gasteiger partial charge in [0.2, 0.25) is 5.91 Å². The van der Waals surface area contributed by atoms with Gasteiger partial charge in [-0.25, -0.2) is 19.7 Å². The fraction of sp³-hybridized carbons (Fsp3) is 0.200. The van der Waals surface area contributed by atoms with Crippen molar-refractivity contribution in [3.63, 3.8) is 0 Å². The first-order valence-electron chi connectivity index (χ1n) is 7.32. The van der Waals surface area contributed by atoms with Gasteiger partial charge in [0.05, 0.1) is 12.2 Å². The first-order chi connectivity index (χ1) is 12.0. The zero-order valence-corrected chi connectivity index (χ0v) is 14.0. The molecule has 3 aromatic heterocycles. The van der Waals surface area contributed by atoms with Gasteiger partial charge >= 0.3 is 5.69 Å². The van der Waals surface area contributed by atoms with Gasteiger partial charge in [0.1, 0.15) is 6.54 Å². The van der Waals surface area contributed by atoms with E-state index in [-0.39, 0.29) is 19.0 Å². The average molecular weight is 358 g/mol. The molecule has 3 aromatic rings. The SMILES string of the molecule is Cc1cn(CC(=O)NCc2csc(-c3ncccn3)n2)c(=O)[nH]c1=O. The number of nitrogens with zero attached hydrogens (tertiary/aromatic N) is 4. The van der Waals surface area contributed by atoms with Crippen molar-refractivity contribution < 1.29 is 4.79 Å². The summed E-state index contributed by atoms with van der Waals surface area (Å²) in [6, 6.07) is 1.72. The minimum atomic E-state index is -0.622. The Morgan fingerprint density at radius 3 is 2.84 bits per heavy atom. The lowest BCUT2D eigenvalue weighted by molar-refractivity contribution is -0.121. The van der Waals surface area contributed by atoms with E-state index in [2.05, 4.69) is 25.3 Å². The molecule has 0 saturated heterocycles. The predicted molar refractivity (Wildman–Crippen MR) is 91.0 cm³/mol. The minimum Gasteiger partial charge on any atom is -0.349 e. The molecule has 0 aliphatic heterocycles. The summed E-state index contributed by atoms with van der Waals surface area (Å²) in [5.74, 6) is 0.166. The van der Waals surface area contributed by atoms with Crippen LogP contribution in [0.15, 0.2) is 39.6 Å². The van der Waals surface area contributed by atoms with Gasteiger partial charge in [-0.1, -0.05) is 0 Å². The van der Waals surface area contributed by atoms with Gasteiger partial charge in [0.15, 0.2) is 10.8 Å². The molecule has 9 nitrogen and oxygen atoms in total. The highest BCUT2D eigenvalue weighted by Crippen LogP contribution is 2.19. The summed E-state index contributed by atoms with van der Waals surface area (Å²) in [4.78, 5) is 49.7. The summed E-state index contributed by atoms with van der Waals surface area (Å²) >= 11 is 1.38. The molecule has 0 bridgehead atoms. The summed E-state index contributed by atoms with van der Waals surface area (Å²) in [5, 5.41) is 5.16. The van der Waals surface area contributed by atoms with E-state index in [1.165, 1.54) is 17.5 Å². The molecule has 0 aliphatic carbocycles. The number of amides is 1. The van der Waals surface area contributed by atoms with Crippen molar-refractivity contribution in [2.24, 2.45) is 0 Å². The molecule has 3 heterocycles. The summed E-state index contributed by atoms with van der Waals surface area (Å²) in [6.07, 6.45) is 4.62. The third kappa shape index (κ3) is 4.04. The number of rotatable bonds is 5. The van der Waals surface area contributed by atoms with Crippen LogP contribution in [0.25, 0.3) is 10.8 Å². The Labute approximate surface area is 145 Å². The first kappa shape index (κ1) is 16.7. The molecule has 0 aromatic carbocycles. The zero-order valence-electron chi connectivity index (χ0n) is 13.2. The van der Waals surface area contributed by atoms with Crippen molar-refractivity contribution in [1.82, 2.24) is 29.8 Å². The number of carbonyl (C=O) groups is 1. The van der Waals surface area contributed by atoms with Gasteiger partial charge in [0.25, 0.3) is 5.56 Å². The van der Waals surface area contributed by atoms with Crippen molar-refractivity contribution in [3.05, 3.63) is 62.1 Å². The fourth-order valence-corrected chi connectivity index (χ4v) is 2.80. The molecule has 0 fully saturated rings. The zero-order chi connectivity index (χ0) is 17.8. The Balaban J connectivity index is 1.62. The van der Waals surface area contributed by atoms with Gasteiger partial charge in [-0.2, -0.15) is 0 Å². The van der Waals surface area contributed by atoms with E-state index >= 15 is 0 Å². The minimum absolute atomic E-state index is 0.185. The number of carbonyl (C=O) groups excluding carboxylic acids is 1. The lowest BCUT2D eigenvalue weighted by Crippen LogP contribution is -2.36. The summed E-state index contributed by atoms with van der Waals surface area (Å²) in [6.45, 7) is 1.60. The highest BCUT2D eigenvalue weighted by molar-refractivity contribution is 7.13. The molecular formula is C15H14N6O3S. The van der Waals surface area contributed by atoms with Crippen molar-refractivity contribution in [2.45, 2.75) is 20.0 Å². The van der Waals surface area contributed by atoms with Gasteiger partial charge in [0, 0.05) is 29.5 Å². The van der Waals surface area contributed by atoms with E-state index in [9.17, 15) is 14.4 Å².